The third-order valence-electron chi connectivity index (χ3n) is 6.50. The van der Waals surface area contributed by atoms with Crippen LogP contribution in [0.3, 0.4) is 0 Å². The maximum Gasteiger partial charge on any atom is 0.290 e. The van der Waals surface area contributed by atoms with Gasteiger partial charge >= 0.3 is 0 Å². The normalized spacial score (nSPS) is 19.8. The largest absolute Gasteiger partial charge is 0.503 e. The summed E-state index contributed by atoms with van der Waals surface area (Å²) in [5.74, 6) is -0.751. The number of thiazole rings is 1. The van der Waals surface area contributed by atoms with Crippen LogP contribution in [0.25, 0.3) is 10.6 Å². The molecule has 1 aromatic heterocycles. The summed E-state index contributed by atoms with van der Waals surface area (Å²) in [7, 11) is 0. The Morgan fingerprint density at radius 2 is 1.94 bits per heavy atom. The van der Waals surface area contributed by atoms with E-state index in [0.717, 1.165) is 29.0 Å². The first-order valence-corrected chi connectivity index (χ1v) is 13.0. The second-order valence-corrected chi connectivity index (χ2v) is 9.89. The van der Waals surface area contributed by atoms with Crippen molar-refractivity contribution in [3.63, 3.8) is 0 Å². The van der Waals surface area contributed by atoms with Gasteiger partial charge in [-0.2, -0.15) is 0 Å². The first kappa shape index (κ1) is 24.2. The van der Waals surface area contributed by atoms with E-state index in [2.05, 4.69) is 4.98 Å². The van der Waals surface area contributed by atoms with Crippen LogP contribution in [0.15, 0.2) is 65.9 Å². The van der Waals surface area contributed by atoms with Crippen LogP contribution in [0.2, 0.25) is 0 Å². The molecular weight excluding hydrogens is 476 g/mol. The van der Waals surface area contributed by atoms with Crippen molar-refractivity contribution in [2.24, 2.45) is 0 Å². The molecule has 2 unspecified atom stereocenters. The molecule has 7 nitrogen and oxygen atoms in total. The van der Waals surface area contributed by atoms with Crippen molar-refractivity contribution in [3.8, 4) is 16.3 Å². The van der Waals surface area contributed by atoms with E-state index in [0.29, 0.717) is 36.1 Å². The van der Waals surface area contributed by atoms with Crippen molar-refractivity contribution < 1.29 is 24.2 Å². The lowest BCUT2D eigenvalue weighted by molar-refractivity contribution is -0.131. The summed E-state index contributed by atoms with van der Waals surface area (Å²) in [6, 6.07) is 16.2. The molecular formula is C28H28N2O5S. The summed E-state index contributed by atoms with van der Waals surface area (Å²) < 4.78 is 11.3. The minimum atomic E-state index is -0.730. The molecule has 2 aromatic carbocycles. The number of carbonyl (C=O) groups is 2. The lowest BCUT2D eigenvalue weighted by atomic mass is 9.94. The predicted octanol–water partition coefficient (Wildman–Crippen LogP) is 5.27. The Morgan fingerprint density at radius 3 is 2.61 bits per heavy atom. The van der Waals surface area contributed by atoms with Crippen LogP contribution in [-0.2, 0) is 9.53 Å². The number of aryl methyl sites for hydroxylation is 1. The summed E-state index contributed by atoms with van der Waals surface area (Å²) in [6.07, 6.45) is 1.63. The fourth-order valence-corrected chi connectivity index (χ4v) is 5.80. The van der Waals surface area contributed by atoms with Gasteiger partial charge in [0.2, 0.25) is 5.78 Å². The van der Waals surface area contributed by atoms with Gasteiger partial charge in [-0.25, -0.2) is 4.98 Å². The van der Waals surface area contributed by atoms with E-state index in [9.17, 15) is 14.7 Å². The van der Waals surface area contributed by atoms with Gasteiger partial charge in [-0.15, -0.1) is 11.3 Å². The molecule has 1 amide bonds. The summed E-state index contributed by atoms with van der Waals surface area (Å²) in [4.78, 5) is 33.8. The Bertz CT molecular complexity index is 1290. The second-order valence-electron chi connectivity index (χ2n) is 8.89. The number of aromatic nitrogens is 1. The predicted molar refractivity (Wildman–Crippen MR) is 137 cm³/mol. The molecule has 2 aliphatic heterocycles. The van der Waals surface area contributed by atoms with Crippen LogP contribution < -0.4 is 4.74 Å². The molecule has 1 saturated heterocycles. The summed E-state index contributed by atoms with van der Waals surface area (Å²) in [5, 5.41) is 11.7. The van der Waals surface area contributed by atoms with E-state index in [-0.39, 0.29) is 17.5 Å². The topological polar surface area (TPSA) is 89.0 Å². The maximum atomic E-state index is 13.9. The van der Waals surface area contributed by atoms with E-state index >= 15 is 0 Å². The van der Waals surface area contributed by atoms with Crippen molar-refractivity contribution in [1.82, 2.24) is 9.88 Å². The highest BCUT2D eigenvalue weighted by Gasteiger charge is 2.45. The van der Waals surface area contributed by atoms with Crippen molar-refractivity contribution >= 4 is 23.0 Å². The van der Waals surface area contributed by atoms with Crippen LogP contribution in [0.5, 0.6) is 5.75 Å². The van der Waals surface area contributed by atoms with Gasteiger partial charge in [0.05, 0.1) is 34.9 Å². The molecule has 0 spiro atoms. The molecule has 0 bridgehead atoms. The Hall–Kier alpha value is -3.49. The number of aliphatic hydroxyl groups is 1. The zero-order valence-corrected chi connectivity index (χ0v) is 21.1. The van der Waals surface area contributed by atoms with Crippen LogP contribution in [0.4, 0.5) is 0 Å². The number of Topliss-reactive ketones (excluding diaryl/α,β-unsaturated/α-hetero) is 1. The maximum absolute atomic E-state index is 13.9. The third kappa shape index (κ3) is 4.54. The van der Waals surface area contributed by atoms with Gasteiger partial charge < -0.3 is 19.5 Å². The monoisotopic (exact) mass is 504 g/mol. The fraction of sp³-hybridized carbons (Fsp3) is 0.321. The molecule has 0 radical (unpaired) electrons. The van der Waals surface area contributed by atoms with Gasteiger partial charge in [0.15, 0.2) is 5.76 Å². The van der Waals surface area contributed by atoms with Crippen molar-refractivity contribution in [1.29, 1.82) is 0 Å². The first-order valence-electron chi connectivity index (χ1n) is 12.1. The van der Waals surface area contributed by atoms with Gasteiger partial charge in [-0.1, -0.05) is 42.5 Å². The zero-order chi connectivity index (χ0) is 25.2. The molecule has 186 valence electrons. The second kappa shape index (κ2) is 10.2. The van der Waals surface area contributed by atoms with Gasteiger partial charge in [-0.3, -0.25) is 9.59 Å². The molecule has 3 aromatic rings. The van der Waals surface area contributed by atoms with E-state index in [4.69, 9.17) is 9.47 Å². The number of carbonyl (C=O) groups excluding carboxylic acids is 2. The number of amides is 1. The van der Waals surface area contributed by atoms with E-state index in [1.807, 2.05) is 61.5 Å². The van der Waals surface area contributed by atoms with Crippen molar-refractivity contribution in [2.75, 3.05) is 19.8 Å². The number of hydrogen-bond donors (Lipinski definition) is 1. The molecule has 0 saturated carbocycles. The molecule has 8 heteroatoms. The Labute approximate surface area is 214 Å². The minimum Gasteiger partial charge on any atom is -0.503 e. The summed E-state index contributed by atoms with van der Waals surface area (Å²) in [5.41, 5.74) is 2.28. The van der Waals surface area contributed by atoms with Crippen molar-refractivity contribution in [2.45, 2.75) is 38.8 Å². The number of hydrogen-bond acceptors (Lipinski definition) is 7. The number of nitrogens with zero attached hydrogens (tertiary/aromatic N) is 2. The van der Waals surface area contributed by atoms with Gasteiger partial charge in [-0.05, 0) is 44.4 Å². The highest BCUT2D eigenvalue weighted by atomic mass is 32.1. The van der Waals surface area contributed by atoms with Gasteiger partial charge in [0.25, 0.3) is 5.91 Å². The summed E-state index contributed by atoms with van der Waals surface area (Å²) in [6.45, 7) is 5.17. The lowest BCUT2D eigenvalue weighted by Gasteiger charge is -2.29. The quantitative estimate of drug-likeness (QED) is 0.420. The number of benzene rings is 2. The molecule has 2 aliphatic rings. The molecule has 1 N–H and O–H groups in total. The standard InChI is InChI=1S/C28H28N2O5S/c1-3-34-20-13-11-18(12-14-20)23-22(25(32)28(33)30(23)16-21-10-7-15-35-21)24(31)26-17(2)29-27(36-26)19-8-5-4-6-9-19/h4-6,8-9,11-14,21,23,32H,3,7,10,15-16H2,1-2H3. The fourth-order valence-electron chi connectivity index (χ4n) is 4.77. The average molecular weight is 505 g/mol. The van der Waals surface area contributed by atoms with Crippen LogP contribution >= 0.6 is 11.3 Å². The SMILES string of the molecule is CCOc1ccc(C2C(C(=O)c3sc(-c4ccccc4)nc3C)=C(O)C(=O)N2CC2CCCO2)cc1. The lowest BCUT2D eigenvalue weighted by Crippen LogP contribution is -2.37. The molecule has 2 atom stereocenters. The van der Waals surface area contributed by atoms with Crippen LogP contribution in [-0.4, -0.2) is 52.5 Å². The minimum absolute atomic E-state index is 0.0773. The van der Waals surface area contributed by atoms with Gasteiger partial charge in [0, 0.05) is 18.7 Å². The Kier molecular flexibility index (Phi) is 6.89. The number of ketones is 1. The molecule has 36 heavy (non-hydrogen) atoms. The molecule has 1 fully saturated rings. The Morgan fingerprint density at radius 1 is 1.19 bits per heavy atom. The number of aliphatic hydroxyl groups excluding tert-OH is 1. The molecule has 5 rings (SSSR count). The van der Waals surface area contributed by atoms with E-state index < -0.39 is 17.7 Å². The van der Waals surface area contributed by atoms with E-state index in [1.54, 1.807) is 11.8 Å². The van der Waals surface area contributed by atoms with Gasteiger partial charge in [0.1, 0.15) is 10.8 Å². The molecule has 0 aliphatic carbocycles. The third-order valence-corrected chi connectivity index (χ3v) is 7.71. The number of rotatable bonds is 8. The van der Waals surface area contributed by atoms with Crippen molar-refractivity contribution in [3.05, 3.63) is 82.1 Å². The van der Waals surface area contributed by atoms with E-state index in [1.165, 1.54) is 11.3 Å². The van der Waals surface area contributed by atoms with Crippen LogP contribution in [0, 0.1) is 6.92 Å². The highest BCUT2D eigenvalue weighted by Crippen LogP contribution is 2.42. The molecule has 3 heterocycles. The Balaban J connectivity index is 1.54. The summed E-state index contributed by atoms with van der Waals surface area (Å²) >= 11 is 1.27. The smallest absolute Gasteiger partial charge is 0.290 e. The zero-order valence-electron chi connectivity index (χ0n) is 20.3. The van der Waals surface area contributed by atoms with Crippen LogP contribution in [0.1, 0.15) is 46.7 Å². The number of ether oxygens (including phenoxy) is 2. The first-order chi connectivity index (χ1) is 17.5. The average Bonchev–Trinajstić information content (AvgIpc) is 3.61. The highest BCUT2D eigenvalue weighted by molar-refractivity contribution is 7.17.